The number of benzene rings is 1. The molecule has 2 aliphatic heterocycles. The van der Waals surface area contributed by atoms with E-state index >= 15 is 0 Å². The highest BCUT2D eigenvalue weighted by atomic mass is 32.1. The number of carbonyl (C=O) groups is 1. The quantitative estimate of drug-likeness (QED) is 0.824. The number of nitrogens with zero attached hydrogens (tertiary/aromatic N) is 3. The molecule has 0 bridgehead atoms. The highest BCUT2D eigenvalue weighted by Crippen LogP contribution is 2.13. The molecule has 0 atom stereocenters. The van der Waals surface area contributed by atoms with Crippen LogP contribution in [-0.4, -0.2) is 71.5 Å². The Hall–Kier alpha value is -1.66. The maximum Gasteiger partial charge on any atom is 0.236 e. The predicted molar refractivity (Wildman–Crippen MR) is 110 cm³/mol. The largest absolute Gasteiger partial charge is 0.346 e. The van der Waals surface area contributed by atoms with Gasteiger partial charge in [-0.05, 0) is 49.7 Å². The molecule has 0 unspecified atom stereocenters. The third-order valence-electron chi connectivity index (χ3n) is 5.25. The van der Waals surface area contributed by atoms with Crippen LogP contribution in [0.2, 0.25) is 0 Å². The van der Waals surface area contributed by atoms with Crippen molar-refractivity contribution < 1.29 is 4.79 Å². The molecule has 142 valence electrons. The first-order chi connectivity index (χ1) is 12.6. The van der Waals surface area contributed by atoms with Crippen molar-refractivity contribution in [2.45, 2.75) is 32.6 Å². The summed E-state index contributed by atoms with van der Waals surface area (Å²) in [5.41, 5.74) is 2.25. The fourth-order valence-corrected chi connectivity index (χ4v) is 3.95. The molecule has 0 aliphatic carbocycles. The molecule has 0 aromatic heterocycles. The van der Waals surface area contributed by atoms with Crippen LogP contribution in [0.1, 0.15) is 31.2 Å². The van der Waals surface area contributed by atoms with Gasteiger partial charge >= 0.3 is 0 Å². The summed E-state index contributed by atoms with van der Waals surface area (Å²) in [4.78, 5) is 19.1. The summed E-state index contributed by atoms with van der Waals surface area (Å²) in [6, 6.07) is 8.25. The first kappa shape index (κ1) is 19.1. The van der Waals surface area contributed by atoms with Crippen molar-refractivity contribution >= 4 is 28.9 Å². The number of amides is 1. The zero-order chi connectivity index (χ0) is 18.4. The van der Waals surface area contributed by atoms with Gasteiger partial charge in [-0.2, -0.15) is 0 Å². The lowest BCUT2D eigenvalue weighted by Gasteiger charge is -2.36. The van der Waals surface area contributed by atoms with Gasteiger partial charge in [0.2, 0.25) is 5.91 Å². The first-order valence-corrected chi connectivity index (χ1v) is 10.2. The van der Waals surface area contributed by atoms with Gasteiger partial charge in [-0.3, -0.25) is 9.69 Å². The molecule has 0 saturated carbocycles. The molecule has 2 fully saturated rings. The maximum absolute atomic E-state index is 12.5. The average Bonchev–Trinajstić information content (AvgIpc) is 2.92. The third-order valence-corrected chi connectivity index (χ3v) is 5.61. The highest BCUT2D eigenvalue weighted by molar-refractivity contribution is 7.80. The summed E-state index contributed by atoms with van der Waals surface area (Å²) in [7, 11) is 0. The molecule has 3 rings (SSSR count). The Labute approximate surface area is 162 Å². The van der Waals surface area contributed by atoms with Crippen LogP contribution >= 0.6 is 12.2 Å². The molecule has 1 aromatic carbocycles. The number of aryl methyl sites for hydroxylation is 1. The molecule has 2 heterocycles. The van der Waals surface area contributed by atoms with Crippen molar-refractivity contribution in [1.82, 2.24) is 14.7 Å². The van der Waals surface area contributed by atoms with Crippen molar-refractivity contribution in [1.29, 1.82) is 0 Å². The van der Waals surface area contributed by atoms with E-state index in [0.29, 0.717) is 12.5 Å². The Bertz CT molecular complexity index is 620. The van der Waals surface area contributed by atoms with Gasteiger partial charge in [0.05, 0.1) is 6.54 Å². The van der Waals surface area contributed by atoms with E-state index in [1.54, 1.807) is 0 Å². The Morgan fingerprint density at radius 3 is 2.35 bits per heavy atom. The van der Waals surface area contributed by atoms with Crippen molar-refractivity contribution in [3.63, 3.8) is 0 Å². The minimum atomic E-state index is 0.292. The lowest BCUT2D eigenvalue weighted by molar-refractivity contribution is -0.132. The van der Waals surface area contributed by atoms with Crippen molar-refractivity contribution in [3.8, 4) is 0 Å². The summed E-state index contributed by atoms with van der Waals surface area (Å²) in [5.74, 6) is 0.292. The van der Waals surface area contributed by atoms with Crippen molar-refractivity contribution in [2.24, 2.45) is 0 Å². The number of hydrogen-bond acceptors (Lipinski definition) is 3. The van der Waals surface area contributed by atoms with Crippen LogP contribution in [0.3, 0.4) is 0 Å². The number of rotatable bonds is 3. The minimum Gasteiger partial charge on any atom is -0.346 e. The molecule has 26 heavy (non-hydrogen) atoms. The second kappa shape index (κ2) is 9.33. The molecule has 0 radical (unpaired) electrons. The highest BCUT2D eigenvalue weighted by Gasteiger charge is 2.23. The number of anilines is 1. The lowest BCUT2D eigenvalue weighted by Crippen LogP contribution is -2.52. The fraction of sp³-hybridized carbons (Fsp3) is 0.600. The van der Waals surface area contributed by atoms with Gasteiger partial charge in [-0.15, -0.1) is 0 Å². The lowest BCUT2D eigenvalue weighted by atomic mass is 10.2. The smallest absolute Gasteiger partial charge is 0.236 e. The average molecular weight is 375 g/mol. The van der Waals surface area contributed by atoms with Crippen molar-refractivity contribution in [3.05, 3.63) is 29.8 Å². The maximum atomic E-state index is 12.5. The molecule has 2 saturated heterocycles. The number of piperazine rings is 1. The van der Waals surface area contributed by atoms with E-state index in [4.69, 9.17) is 12.2 Å². The van der Waals surface area contributed by atoms with E-state index in [1.165, 1.54) is 18.4 Å². The van der Waals surface area contributed by atoms with Gasteiger partial charge in [-0.1, -0.05) is 25.0 Å². The summed E-state index contributed by atoms with van der Waals surface area (Å²) in [6.07, 6.45) is 4.82. The standard InChI is InChI=1S/C20H30N4OS/c1-17-7-6-8-18(15-17)21-20(26)24-13-11-22(12-14-24)16-19(25)23-9-4-2-3-5-10-23/h6-8,15H,2-5,9-14,16H2,1H3,(H,21,26). The first-order valence-electron chi connectivity index (χ1n) is 9.74. The number of carbonyl (C=O) groups excluding carboxylic acids is 1. The summed E-state index contributed by atoms with van der Waals surface area (Å²) < 4.78 is 0. The predicted octanol–water partition coefficient (Wildman–Crippen LogP) is 2.71. The normalized spacial score (nSPS) is 19.1. The van der Waals surface area contributed by atoms with Crippen LogP contribution in [0.5, 0.6) is 0 Å². The number of likely N-dealkylation sites (tertiary alicyclic amines) is 1. The van der Waals surface area contributed by atoms with Crippen molar-refractivity contribution in [2.75, 3.05) is 51.1 Å². The molecular weight excluding hydrogens is 344 g/mol. The molecular formula is C20H30N4OS. The van der Waals surface area contributed by atoms with Crippen LogP contribution < -0.4 is 5.32 Å². The van der Waals surface area contributed by atoms with E-state index in [9.17, 15) is 4.79 Å². The second-order valence-electron chi connectivity index (χ2n) is 7.36. The van der Waals surface area contributed by atoms with E-state index < -0.39 is 0 Å². The number of nitrogens with one attached hydrogen (secondary N) is 1. The van der Waals surface area contributed by atoms with Crippen LogP contribution in [0, 0.1) is 6.92 Å². The minimum absolute atomic E-state index is 0.292. The number of hydrogen-bond donors (Lipinski definition) is 1. The fourth-order valence-electron chi connectivity index (χ4n) is 3.65. The Morgan fingerprint density at radius 2 is 1.69 bits per heavy atom. The van der Waals surface area contributed by atoms with Crippen LogP contribution in [0.15, 0.2) is 24.3 Å². The molecule has 0 spiro atoms. The van der Waals surface area contributed by atoms with E-state index in [0.717, 1.165) is 62.9 Å². The number of thiocarbonyl (C=S) groups is 1. The Kier molecular flexibility index (Phi) is 6.86. The van der Waals surface area contributed by atoms with Gasteiger partial charge in [-0.25, -0.2) is 0 Å². The van der Waals surface area contributed by atoms with Crippen LogP contribution in [-0.2, 0) is 4.79 Å². The Morgan fingerprint density at radius 1 is 1.00 bits per heavy atom. The van der Waals surface area contributed by atoms with E-state index in [1.807, 2.05) is 12.1 Å². The third kappa shape index (κ3) is 5.42. The van der Waals surface area contributed by atoms with Gasteiger partial charge in [0, 0.05) is 45.0 Å². The van der Waals surface area contributed by atoms with Gasteiger partial charge in [0.15, 0.2) is 5.11 Å². The summed E-state index contributed by atoms with van der Waals surface area (Å²) in [5, 5.41) is 4.10. The molecule has 1 aromatic rings. The zero-order valence-corrected chi connectivity index (χ0v) is 16.6. The monoisotopic (exact) mass is 374 g/mol. The van der Waals surface area contributed by atoms with E-state index in [2.05, 4.69) is 39.1 Å². The molecule has 2 aliphatic rings. The van der Waals surface area contributed by atoms with Gasteiger partial charge < -0.3 is 15.1 Å². The van der Waals surface area contributed by atoms with E-state index in [-0.39, 0.29) is 0 Å². The molecule has 1 N–H and O–H groups in total. The van der Waals surface area contributed by atoms with Crippen LogP contribution in [0.25, 0.3) is 0 Å². The topological polar surface area (TPSA) is 38.8 Å². The molecule has 1 amide bonds. The van der Waals surface area contributed by atoms with Gasteiger partial charge in [0.1, 0.15) is 0 Å². The van der Waals surface area contributed by atoms with Crippen LogP contribution in [0.4, 0.5) is 5.69 Å². The second-order valence-corrected chi connectivity index (χ2v) is 7.74. The summed E-state index contributed by atoms with van der Waals surface area (Å²) in [6.45, 7) is 7.99. The Balaban J connectivity index is 1.43. The molecule has 5 nitrogen and oxygen atoms in total. The zero-order valence-electron chi connectivity index (χ0n) is 15.7. The SMILES string of the molecule is Cc1cccc(NC(=S)N2CCN(CC(=O)N3CCCCCC3)CC2)c1. The summed E-state index contributed by atoms with van der Waals surface area (Å²) >= 11 is 5.56. The molecule has 6 heteroatoms. The van der Waals surface area contributed by atoms with Gasteiger partial charge in [0.25, 0.3) is 0 Å².